The van der Waals surface area contributed by atoms with Gasteiger partial charge in [-0.05, 0) is 53.8 Å². The number of hydrogen-bond donors (Lipinski definition) is 1. The molecular formula is C25H31NO2. The third kappa shape index (κ3) is 5.26. The van der Waals surface area contributed by atoms with Crippen molar-refractivity contribution in [1.82, 2.24) is 0 Å². The lowest BCUT2D eigenvalue weighted by Crippen LogP contribution is -2.41. The Kier molecular flexibility index (Phi) is 6.94. The van der Waals surface area contributed by atoms with Crippen molar-refractivity contribution >= 4 is 0 Å². The zero-order valence-corrected chi connectivity index (χ0v) is 17.0. The predicted molar refractivity (Wildman–Crippen MR) is 116 cm³/mol. The summed E-state index contributed by atoms with van der Waals surface area (Å²) in [6.07, 6.45) is 11.1. The zero-order chi connectivity index (χ0) is 19.8. The van der Waals surface area contributed by atoms with Gasteiger partial charge in [0.05, 0.1) is 0 Å². The van der Waals surface area contributed by atoms with Crippen LogP contribution in [0.5, 0.6) is 11.5 Å². The molecule has 0 saturated heterocycles. The molecule has 2 aromatic rings. The van der Waals surface area contributed by atoms with Gasteiger partial charge < -0.3 is 15.2 Å². The molecule has 0 aromatic heterocycles. The summed E-state index contributed by atoms with van der Waals surface area (Å²) in [6, 6.07) is 16.6. The van der Waals surface area contributed by atoms with E-state index in [9.17, 15) is 0 Å². The van der Waals surface area contributed by atoms with Crippen LogP contribution in [0.4, 0.5) is 0 Å². The normalized spacial score (nSPS) is 15.2. The third-order valence-electron chi connectivity index (χ3n) is 4.94. The Morgan fingerprint density at radius 3 is 1.68 bits per heavy atom. The summed E-state index contributed by atoms with van der Waals surface area (Å²) >= 11 is 0. The number of aryl methyl sites for hydroxylation is 2. The van der Waals surface area contributed by atoms with Gasteiger partial charge in [-0.3, -0.25) is 0 Å². The molecule has 2 N–H and O–H groups in total. The summed E-state index contributed by atoms with van der Waals surface area (Å²) in [5, 5.41) is 0. The molecule has 0 amide bonds. The van der Waals surface area contributed by atoms with E-state index < -0.39 is 5.79 Å². The molecule has 3 rings (SSSR count). The molecule has 0 aliphatic heterocycles. The SMILES string of the molecule is CCCc1ccc(OC2(Oc3ccc(CCC)cc3)C=CC(CN)=CC2)cc1. The van der Waals surface area contributed by atoms with Crippen molar-refractivity contribution in [2.24, 2.45) is 5.73 Å². The van der Waals surface area contributed by atoms with Crippen molar-refractivity contribution in [2.45, 2.75) is 51.7 Å². The second kappa shape index (κ2) is 9.61. The first kappa shape index (κ1) is 20.2. The van der Waals surface area contributed by atoms with Gasteiger partial charge in [0.15, 0.2) is 0 Å². The van der Waals surface area contributed by atoms with Crippen molar-refractivity contribution in [1.29, 1.82) is 0 Å². The number of hydrogen-bond acceptors (Lipinski definition) is 3. The monoisotopic (exact) mass is 377 g/mol. The highest BCUT2D eigenvalue weighted by Gasteiger charge is 2.33. The molecule has 0 atom stereocenters. The van der Waals surface area contributed by atoms with Gasteiger partial charge >= 0.3 is 0 Å². The third-order valence-corrected chi connectivity index (χ3v) is 4.94. The lowest BCUT2D eigenvalue weighted by Gasteiger charge is -2.33. The van der Waals surface area contributed by atoms with E-state index in [1.807, 2.05) is 36.4 Å². The molecule has 0 fully saturated rings. The minimum Gasteiger partial charge on any atom is -0.448 e. The summed E-state index contributed by atoms with van der Waals surface area (Å²) in [5.41, 5.74) is 9.52. The quantitative estimate of drug-likeness (QED) is 0.579. The van der Waals surface area contributed by atoms with Crippen molar-refractivity contribution < 1.29 is 9.47 Å². The molecule has 0 heterocycles. The van der Waals surface area contributed by atoms with E-state index in [0.717, 1.165) is 42.8 Å². The van der Waals surface area contributed by atoms with Crippen LogP contribution in [0.25, 0.3) is 0 Å². The highest BCUT2D eigenvalue weighted by atomic mass is 16.7. The Morgan fingerprint density at radius 2 is 1.32 bits per heavy atom. The number of benzene rings is 2. The number of nitrogens with two attached hydrogens (primary N) is 1. The molecule has 0 bridgehead atoms. The van der Waals surface area contributed by atoms with E-state index in [0.29, 0.717) is 13.0 Å². The summed E-state index contributed by atoms with van der Waals surface area (Å²) in [6.45, 7) is 4.89. The van der Waals surface area contributed by atoms with Gasteiger partial charge in [0.1, 0.15) is 11.5 Å². The first-order valence-electron chi connectivity index (χ1n) is 10.3. The van der Waals surface area contributed by atoms with Crippen molar-refractivity contribution in [2.75, 3.05) is 6.54 Å². The molecule has 0 unspecified atom stereocenters. The Balaban J connectivity index is 1.80. The van der Waals surface area contributed by atoms with Crippen LogP contribution < -0.4 is 15.2 Å². The van der Waals surface area contributed by atoms with Crippen molar-refractivity contribution in [3.05, 3.63) is 83.5 Å². The molecule has 3 heteroatoms. The van der Waals surface area contributed by atoms with Crippen LogP contribution >= 0.6 is 0 Å². The summed E-state index contributed by atoms with van der Waals surface area (Å²) in [7, 11) is 0. The molecule has 0 spiro atoms. The summed E-state index contributed by atoms with van der Waals surface area (Å²) in [4.78, 5) is 0. The van der Waals surface area contributed by atoms with E-state index in [1.54, 1.807) is 0 Å². The number of ether oxygens (including phenoxy) is 2. The molecule has 1 aliphatic carbocycles. The Hall–Kier alpha value is -2.52. The van der Waals surface area contributed by atoms with Crippen LogP contribution in [0, 0.1) is 0 Å². The highest BCUT2D eigenvalue weighted by molar-refractivity contribution is 5.34. The van der Waals surface area contributed by atoms with E-state index in [2.05, 4.69) is 44.2 Å². The molecule has 2 aromatic carbocycles. The Bertz CT molecular complexity index is 752. The van der Waals surface area contributed by atoms with Crippen LogP contribution in [0.15, 0.2) is 72.3 Å². The van der Waals surface area contributed by atoms with E-state index in [1.165, 1.54) is 11.1 Å². The molecule has 28 heavy (non-hydrogen) atoms. The molecule has 148 valence electrons. The van der Waals surface area contributed by atoms with E-state index in [4.69, 9.17) is 15.2 Å². The molecule has 3 nitrogen and oxygen atoms in total. The van der Waals surface area contributed by atoms with Crippen molar-refractivity contribution in [3.63, 3.8) is 0 Å². The second-order valence-corrected chi connectivity index (χ2v) is 7.32. The summed E-state index contributed by atoms with van der Waals surface area (Å²) in [5.74, 6) is 0.741. The van der Waals surface area contributed by atoms with Gasteiger partial charge in [-0.15, -0.1) is 0 Å². The minimum absolute atomic E-state index is 0.518. The minimum atomic E-state index is -0.864. The van der Waals surface area contributed by atoms with Crippen LogP contribution in [-0.2, 0) is 12.8 Å². The maximum atomic E-state index is 6.36. The maximum Gasteiger partial charge on any atom is 0.274 e. The standard InChI is InChI=1S/C25H31NO2/c1-3-5-20-7-11-23(12-8-20)27-25(17-15-22(19-26)16-18-25)28-24-13-9-21(6-4-2)10-14-24/h7-17H,3-6,18-19,26H2,1-2H3. The average molecular weight is 378 g/mol. The van der Waals surface area contributed by atoms with Crippen LogP contribution in [0.2, 0.25) is 0 Å². The van der Waals surface area contributed by atoms with Gasteiger partial charge in [-0.25, -0.2) is 0 Å². The van der Waals surface area contributed by atoms with Crippen molar-refractivity contribution in [3.8, 4) is 11.5 Å². The average Bonchev–Trinajstić information content (AvgIpc) is 2.72. The smallest absolute Gasteiger partial charge is 0.274 e. The first-order chi connectivity index (χ1) is 13.7. The molecule has 0 saturated carbocycles. The van der Waals surface area contributed by atoms with Gasteiger partial charge in [0.2, 0.25) is 0 Å². The Labute approximate surface area is 168 Å². The lowest BCUT2D eigenvalue weighted by atomic mass is 10.0. The first-order valence-corrected chi connectivity index (χ1v) is 10.3. The second-order valence-electron chi connectivity index (χ2n) is 7.32. The summed E-state index contributed by atoms with van der Waals surface area (Å²) < 4.78 is 12.7. The van der Waals surface area contributed by atoms with Gasteiger partial charge in [0, 0.05) is 19.0 Å². The largest absolute Gasteiger partial charge is 0.448 e. The van der Waals surface area contributed by atoms with Gasteiger partial charge in [-0.2, -0.15) is 0 Å². The topological polar surface area (TPSA) is 44.5 Å². The van der Waals surface area contributed by atoms with E-state index in [-0.39, 0.29) is 0 Å². The fourth-order valence-corrected chi connectivity index (χ4v) is 3.39. The molecule has 0 radical (unpaired) electrons. The van der Waals surface area contributed by atoms with Crippen LogP contribution in [0.3, 0.4) is 0 Å². The highest BCUT2D eigenvalue weighted by Crippen LogP contribution is 2.31. The van der Waals surface area contributed by atoms with E-state index >= 15 is 0 Å². The van der Waals surface area contributed by atoms with Crippen LogP contribution in [0.1, 0.15) is 44.2 Å². The fraction of sp³-hybridized carbons (Fsp3) is 0.360. The van der Waals surface area contributed by atoms with Gasteiger partial charge in [-0.1, -0.05) is 63.1 Å². The Morgan fingerprint density at radius 1 is 0.821 bits per heavy atom. The predicted octanol–water partition coefficient (Wildman–Crippen LogP) is 5.59. The lowest BCUT2D eigenvalue weighted by molar-refractivity contribution is -0.0690. The fourth-order valence-electron chi connectivity index (χ4n) is 3.39. The molecular weight excluding hydrogens is 346 g/mol. The zero-order valence-electron chi connectivity index (χ0n) is 17.0. The van der Waals surface area contributed by atoms with Crippen LogP contribution in [-0.4, -0.2) is 12.3 Å². The maximum absolute atomic E-state index is 6.36. The number of rotatable bonds is 9. The van der Waals surface area contributed by atoms with Gasteiger partial charge in [0.25, 0.3) is 5.79 Å². The molecule has 1 aliphatic rings.